The lowest BCUT2D eigenvalue weighted by Gasteiger charge is -2.23. The quantitative estimate of drug-likeness (QED) is 0.312. The van der Waals surface area contributed by atoms with Crippen LogP contribution in [0, 0.1) is 0 Å². The zero-order valence-electron chi connectivity index (χ0n) is 25.3. The molecule has 7 nitrogen and oxygen atoms in total. The number of cyclic esters (lactones) is 1. The third kappa shape index (κ3) is 8.33. The van der Waals surface area contributed by atoms with Gasteiger partial charge in [0.25, 0.3) is 0 Å². The molecule has 1 aliphatic rings. The van der Waals surface area contributed by atoms with E-state index in [1.54, 1.807) is 17.0 Å². The molecule has 2 heterocycles. The van der Waals surface area contributed by atoms with Crippen LogP contribution < -0.4 is 4.90 Å². The lowest BCUT2D eigenvalue weighted by molar-refractivity contribution is 0.0504. The second kappa shape index (κ2) is 15.9. The smallest absolute Gasteiger partial charge is 0.415 e. The number of hydrogen-bond acceptors (Lipinski definition) is 4. The van der Waals surface area contributed by atoms with E-state index in [2.05, 4.69) is 56.6 Å². The summed E-state index contributed by atoms with van der Waals surface area (Å²) in [4.78, 5) is 26.6. The summed E-state index contributed by atoms with van der Waals surface area (Å²) in [6.45, 7) is 25.0. The maximum Gasteiger partial charge on any atom is 0.415 e. The van der Waals surface area contributed by atoms with Crippen molar-refractivity contribution in [1.29, 1.82) is 0 Å². The predicted molar refractivity (Wildman–Crippen MR) is 164 cm³/mol. The van der Waals surface area contributed by atoms with Crippen molar-refractivity contribution in [3.8, 4) is 0 Å². The van der Waals surface area contributed by atoms with E-state index >= 15 is 0 Å². The van der Waals surface area contributed by atoms with Crippen LogP contribution in [0.3, 0.4) is 0 Å². The molecule has 0 aliphatic carbocycles. The van der Waals surface area contributed by atoms with E-state index in [4.69, 9.17) is 9.84 Å². The summed E-state index contributed by atoms with van der Waals surface area (Å²) in [5.41, 5.74) is 4.20. The van der Waals surface area contributed by atoms with Gasteiger partial charge in [-0.2, -0.15) is 0 Å². The predicted octanol–water partition coefficient (Wildman–Crippen LogP) is 8.12. The lowest BCUT2D eigenvalue weighted by atomic mass is 9.97. The van der Waals surface area contributed by atoms with Crippen LogP contribution in [0.25, 0.3) is 12.2 Å². The molecule has 0 spiro atoms. The molecule has 3 rings (SSSR count). The Kier molecular flexibility index (Phi) is 13.8. The molecule has 1 N–H and O–H groups in total. The first kappa shape index (κ1) is 33.7. The molecule has 1 atom stereocenters. The largest absolute Gasteiger partial charge is 0.478 e. The minimum Gasteiger partial charge on any atom is -0.478 e. The standard InChI is InChI=1S/C16H26N2.C14H17NO4.C2H6/c1-7-13(5)18-12-14(11-17(6)10-4)15(8-2)16(18)9-3;1-3-14(4-2)9-15(13(18)19-14)11-7-5-10(6-8-11)12(16)17;1-2/h8-9,12-13H,2-3,7,10-11H2,1,4-6H3;5-8H,3-4,9H2,1-2H3,(H,16,17);1-2H3. The molecule has 216 valence electrons. The average molecular weight is 540 g/mol. The number of ether oxygens (including phenoxy) is 1. The third-order valence-electron chi connectivity index (χ3n) is 7.32. The van der Waals surface area contributed by atoms with E-state index in [0.717, 1.165) is 32.4 Å². The topological polar surface area (TPSA) is 75.0 Å². The molecule has 0 radical (unpaired) electrons. The van der Waals surface area contributed by atoms with Crippen molar-refractivity contribution >= 4 is 29.9 Å². The van der Waals surface area contributed by atoms with Crippen LogP contribution in [0.15, 0.2) is 43.6 Å². The van der Waals surface area contributed by atoms with E-state index in [9.17, 15) is 9.59 Å². The Bertz CT molecular complexity index is 1080. The van der Waals surface area contributed by atoms with E-state index in [0.29, 0.717) is 18.3 Å². The van der Waals surface area contributed by atoms with Gasteiger partial charge in [0.15, 0.2) is 0 Å². The Morgan fingerprint density at radius 1 is 1.13 bits per heavy atom. The monoisotopic (exact) mass is 539 g/mol. The summed E-state index contributed by atoms with van der Waals surface area (Å²) in [7, 11) is 2.14. The van der Waals surface area contributed by atoms with Gasteiger partial charge in [0.1, 0.15) is 5.60 Å². The van der Waals surface area contributed by atoms with Crippen LogP contribution in [0.4, 0.5) is 10.5 Å². The van der Waals surface area contributed by atoms with Gasteiger partial charge in [0, 0.05) is 35.7 Å². The molecule has 0 saturated carbocycles. The number of carbonyl (C=O) groups excluding carboxylic acids is 1. The first-order valence-electron chi connectivity index (χ1n) is 14.1. The normalized spacial score (nSPS) is 14.5. The fourth-order valence-corrected chi connectivity index (χ4v) is 4.38. The van der Waals surface area contributed by atoms with Gasteiger partial charge >= 0.3 is 12.1 Å². The first-order chi connectivity index (χ1) is 18.6. The van der Waals surface area contributed by atoms with Crippen LogP contribution in [0.1, 0.15) is 101 Å². The number of aromatic nitrogens is 1. The van der Waals surface area contributed by atoms with Crippen molar-refractivity contribution in [1.82, 2.24) is 9.47 Å². The SMILES string of the molecule is C=Cc1c(CN(C)CC)cn(C(C)CC)c1C=C.CC.CCC1(CC)CN(c2ccc(C(=O)O)cc2)C(=O)O1. The van der Waals surface area contributed by atoms with Gasteiger partial charge in [0.2, 0.25) is 0 Å². The number of carbonyl (C=O) groups is 2. The van der Waals surface area contributed by atoms with Gasteiger partial charge in [-0.15, -0.1) is 0 Å². The molecule has 7 heteroatoms. The fourth-order valence-electron chi connectivity index (χ4n) is 4.38. The number of amides is 1. The van der Waals surface area contributed by atoms with Crippen molar-refractivity contribution in [3.63, 3.8) is 0 Å². The van der Waals surface area contributed by atoms with Crippen LogP contribution in [-0.2, 0) is 11.3 Å². The van der Waals surface area contributed by atoms with E-state index in [1.807, 2.05) is 39.8 Å². The molecule has 39 heavy (non-hydrogen) atoms. The summed E-state index contributed by atoms with van der Waals surface area (Å²) in [5.74, 6) is -0.980. The number of benzene rings is 1. The van der Waals surface area contributed by atoms with Crippen molar-refractivity contribution < 1.29 is 19.4 Å². The summed E-state index contributed by atoms with van der Waals surface area (Å²) in [6.07, 6.45) is 8.43. The zero-order valence-corrected chi connectivity index (χ0v) is 25.3. The molecule has 1 aliphatic heterocycles. The lowest BCUT2D eigenvalue weighted by Crippen LogP contribution is -2.33. The average Bonchev–Trinajstić information content (AvgIpc) is 3.50. The second-order valence-corrected chi connectivity index (χ2v) is 9.55. The van der Waals surface area contributed by atoms with Gasteiger partial charge in [0.05, 0.1) is 12.1 Å². The van der Waals surface area contributed by atoms with Crippen molar-refractivity contribution in [2.45, 2.75) is 85.9 Å². The van der Waals surface area contributed by atoms with E-state index in [1.165, 1.54) is 29.0 Å². The molecule has 1 aromatic heterocycles. The van der Waals surface area contributed by atoms with Gasteiger partial charge in [-0.25, -0.2) is 9.59 Å². The highest BCUT2D eigenvalue weighted by Crippen LogP contribution is 2.33. The number of hydrogen-bond donors (Lipinski definition) is 1. The van der Waals surface area contributed by atoms with Crippen LogP contribution >= 0.6 is 0 Å². The Morgan fingerprint density at radius 3 is 2.13 bits per heavy atom. The van der Waals surface area contributed by atoms with Crippen molar-refractivity contribution in [2.75, 3.05) is 25.0 Å². The first-order valence-corrected chi connectivity index (χ1v) is 14.1. The summed E-state index contributed by atoms with van der Waals surface area (Å²) in [6, 6.07) is 6.74. The minimum absolute atomic E-state index is 0.202. The molecule has 1 unspecified atom stereocenters. The van der Waals surface area contributed by atoms with Crippen molar-refractivity contribution in [3.05, 3.63) is 66.0 Å². The highest BCUT2D eigenvalue weighted by atomic mass is 16.6. The Balaban J connectivity index is 0.000000367. The Labute approximate surface area is 235 Å². The molecule has 1 fully saturated rings. The fraction of sp³-hybridized carbons (Fsp3) is 0.500. The number of aromatic carboxylic acids is 1. The second-order valence-electron chi connectivity index (χ2n) is 9.55. The number of carboxylic acids is 1. The molecular weight excluding hydrogens is 490 g/mol. The molecule has 1 saturated heterocycles. The number of anilines is 1. The zero-order chi connectivity index (χ0) is 29.8. The molecule has 1 aromatic carbocycles. The number of carboxylic acid groups (broad SMARTS) is 1. The summed E-state index contributed by atoms with van der Waals surface area (Å²) in [5, 5.41) is 8.85. The summed E-state index contributed by atoms with van der Waals surface area (Å²) >= 11 is 0. The van der Waals surface area contributed by atoms with E-state index < -0.39 is 11.6 Å². The highest BCUT2D eigenvalue weighted by Gasteiger charge is 2.43. The van der Waals surface area contributed by atoms with Crippen LogP contribution in [0.5, 0.6) is 0 Å². The summed E-state index contributed by atoms with van der Waals surface area (Å²) < 4.78 is 7.78. The Hall–Kier alpha value is -3.32. The van der Waals surface area contributed by atoms with E-state index in [-0.39, 0.29) is 11.7 Å². The molecular formula is C32H49N3O4. The number of rotatable bonds is 11. The third-order valence-corrected chi connectivity index (χ3v) is 7.32. The van der Waals surface area contributed by atoms with Gasteiger partial charge in [-0.1, -0.05) is 60.8 Å². The van der Waals surface area contributed by atoms with Crippen molar-refractivity contribution in [2.24, 2.45) is 0 Å². The Morgan fingerprint density at radius 2 is 1.72 bits per heavy atom. The van der Waals surface area contributed by atoms with Crippen LogP contribution in [-0.4, -0.2) is 52.4 Å². The van der Waals surface area contributed by atoms with Crippen LogP contribution in [0.2, 0.25) is 0 Å². The molecule has 2 aromatic rings. The maximum atomic E-state index is 11.9. The molecule has 0 bridgehead atoms. The number of nitrogens with zero attached hydrogens (tertiary/aromatic N) is 3. The van der Waals surface area contributed by atoms with Gasteiger partial charge in [-0.05, 0) is 75.7 Å². The van der Waals surface area contributed by atoms with Gasteiger partial charge < -0.3 is 19.3 Å². The minimum atomic E-state index is -0.980. The molecule has 1 amide bonds. The maximum absolute atomic E-state index is 11.9. The van der Waals surface area contributed by atoms with Gasteiger partial charge in [-0.3, -0.25) is 4.90 Å². The highest BCUT2D eigenvalue weighted by molar-refractivity contribution is 5.92.